The van der Waals surface area contributed by atoms with Crippen molar-refractivity contribution in [2.75, 3.05) is 13.1 Å². The summed E-state index contributed by atoms with van der Waals surface area (Å²) in [5, 5.41) is 7.63. The summed E-state index contributed by atoms with van der Waals surface area (Å²) in [7, 11) is 0. The van der Waals surface area contributed by atoms with Crippen LogP contribution < -0.4 is 5.32 Å². The Hall–Kier alpha value is -0.900. The summed E-state index contributed by atoms with van der Waals surface area (Å²) in [6.45, 7) is 6.55. The first-order valence-corrected chi connectivity index (χ1v) is 7.22. The molecule has 0 radical (unpaired) electrons. The molecule has 0 amide bonds. The van der Waals surface area contributed by atoms with Gasteiger partial charge in [-0.2, -0.15) is 4.98 Å². The predicted molar refractivity (Wildman–Crippen MR) is 69.5 cm³/mol. The van der Waals surface area contributed by atoms with E-state index in [1.807, 2.05) is 0 Å². The maximum atomic E-state index is 5.54. The molecule has 1 aliphatic heterocycles. The molecule has 1 saturated carbocycles. The molecule has 18 heavy (non-hydrogen) atoms. The van der Waals surface area contributed by atoms with E-state index in [4.69, 9.17) is 9.51 Å². The Bertz CT molecular complexity index is 409. The highest BCUT2D eigenvalue weighted by Crippen LogP contribution is 2.36. The Morgan fingerprint density at radius 2 is 2.28 bits per heavy atom. The highest BCUT2D eigenvalue weighted by molar-refractivity contribution is 5.09. The minimum absolute atomic E-state index is 0.0472. The monoisotopic (exact) mass is 249 g/mol. The highest BCUT2D eigenvalue weighted by Gasteiger charge is 2.37. The van der Waals surface area contributed by atoms with E-state index in [0.717, 1.165) is 37.1 Å². The van der Waals surface area contributed by atoms with Gasteiger partial charge < -0.3 is 9.84 Å². The zero-order valence-electron chi connectivity index (χ0n) is 11.4. The standard InChI is InChI=1S/C14H23N3O/c1-10-4-3-5-11(8-10)12-16-13(18-17-12)14(2)6-7-15-9-14/h10-11,15H,3-9H2,1-2H3. The van der Waals surface area contributed by atoms with Crippen LogP contribution in [0.5, 0.6) is 0 Å². The van der Waals surface area contributed by atoms with Gasteiger partial charge >= 0.3 is 0 Å². The molecule has 1 aliphatic carbocycles. The molecule has 1 N–H and O–H groups in total. The number of hydrogen-bond donors (Lipinski definition) is 1. The molecule has 3 rings (SSSR count). The second-order valence-corrected chi connectivity index (χ2v) is 6.41. The van der Waals surface area contributed by atoms with Crippen molar-refractivity contribution in [1.29, 1.82) is 0 Å². The van der Waals surface area contributed by atoms with Crippen molar-refractivity contribution in [3.63, 3.8) is 0 Å². The van der Waals surface area contributed by atoms with Gasteiger partial charge in [0.1, 0.15) is 0 Å². The van der Waals surface area contributed by atoms with Crippen molar-refractivity contribution in [2.24, 2.45) is 5.92 Å². The molecular formula is C14H23N3O. The van der Waals surface area contributed by atoms with Crippen LogP contribution in [0.25, 0.3) is 0 Å². The molecule has 4 nitrogen and oxygen atoms in total. The fourth-order valence-corrected chi connectivity index (χ4v) is 3.31. The minimum atomic E-state index is 0.0472. The van der Waals surface area contributed by atoms with Gasteiger partial charge in [0.15, 0.2) is 5.82 Å². The number of hydrogen-bond acceptors (Lipinski definition) is 4. The second kappa shape index (κ2) is 4.65. The fraction of sp³-hybridized carbons (Fsp3) is 0.857. The normalized spacial score (nSPS) is 37.0. The number of nitrogens with one attached hydrogen (secondary N) is 1. The minimum Gasteiger partial charge on any atom is -0.339 e. The van der Waals surface area contributed by atoms with E-state index in [0.29, 0.717) is 5.92 Å². The Morgan fingerprint density at radius 1 is 1.39 bits per heavy atom. The van der Waals surface area contributed by atoms with E-state index in [9.17, 15) is 0 Å². The third kappa shape index (κ3) is 2.18. The molecule has 1 aromatic rings. The third-order valence-electron chi connectivity index (χ3n) is 4.63. The van der Waals surface area contributed by atoms with Crippen molar-refractivity contribution < 1.29 is 4.52 Å². The molecular weight excluding hydrogens is 226 g/mol. The van der Waals surface area contributed by atoms with Crippen LogP contribution in [0.15, 0.2) is 4.52 Å². The van der Waals surface area contributed by atoms with E-state index in [2.05, 4.69) is 24.3 Å². The zero-order valence-corrected chi connectivity index (χ0v) is 11.4. The van der Waals surface area contributed by atoms with Gasteiger partial charge in [-0.1, -0.05) is 24.9 Å². The van der Waals surface area contributed by atoms with Crippen molar-refractivity contribution in [3.05, 3.63) is 11.7 Å². The van der Waals surface area contributed by atoms with Crippen molar-refractivity contribution in [1.82, 2.24) is 15.5 Å². The van der Waals surface area contributed by atoms with Crippen molar-refractivity contribution in [2.45, 2.75) is 57.3 Å². The van der Waals surface area contributed by atoms with E-state index < -0.39 is 0 Å². The van der Waals surface area contributed by atoms with Crippen LogP contribution in [0, 0.1) is 5.92 Å². The molecule has 2 aliphatic rings. The van der Waals surface area contributed by atoms with Gasteiger partial charge in [0.2, 0.25) is 5.89 Å². The first-order chi connectivity index (χ1) is 8.67. The summed E-state index contributed by atoms with van der Waals surface area (Å²) < 4.78 is 5.54. The lowest BCUT2D eigenvalue weighted by Gasteiger charge is -2.24. The lowest BCUT2D eigenvalue weighted by atomic mass is 9.82. The highest BCUT2D eigenvalue weighted by atomic mass is 16.5. The van der Waals surface area contributed by atoms with E-state index in [1.165, 1.54) is 25.7 Å². The number of rotatable bonds is 2. The van der Waals surface area contributed by atoms with Crippen LogP contribution in [0.3, 0.4) is 0 Å². The number of aromatic nitrogens is 2. The Balaban J connectivity index is 1.76. The van der Waals surface area contributed by atoms with Gasteiger partial charge in [-0.25, -0.2) is 0 Å². The van der Waals surface area contributed by atoms with Gasteiger partial charge in [0.25, 0.3) is 0 Å². The third-order valence-corrected chi connectivity index (χ3v) is 4.63. The van der Waals surface area contributed by atoms with Crippen molar-refractivity contribution >= 4 is 0 Å². The molecule has 3 unspecified atom stereocenters. The SMILES string of the molecule is CC1CCCC(c2noc(C3(C)CCNC3)n2)C1. The molecule has 0 bridgehead atoms. The second-order valence-electron chi connectivity index (χ2n) is 6.41. The van der Waals surface area contributed by atoms with Crippen LogP contribution in [0.1, 0.15) is 63.6 Å². The average molecular weight is 249 g/mol. The van der Waals surface area contributed by atoms with Crippen LogP contribution in [-0.4, -0.2) is 23.2 Å². The van der Waals surface area contributed by atoms with E-state index >= 15 is 0 Å². The Labute approximate surface area is 109 Å². The molecule has 1 aromatic heterocycles. The molecule has 1 saturated heterocycles. The molecule has 0 spiro atoms. The van der Waals surface area contributed by atoms with Crippen molar-refractivity contribution in [3.8, 4) is 0 Å². The lowest BCUT2D eigenvalue weighted by Crippen LogP contribution is -2.25. The maximum absolute atomic E-state index is 5.54. The molecule has 2 heterocycles. The molecule has 4 heteroatoms. The lowest BCUT2D eigenvalue weighted by molar-refractivity contribution is 0.295. The quantitative estimate of drug-likeness (QED) is 0.875. The van der Waals surface area contributed by atoms with Gasteiger partial charge in [0, 0.05) is 12.5 Å². The largest absolute Gasteiger partial charge is 0.339 e. The van der Waals surface area contributed by atoms with E-state index in [-0.39, 0.29) is 5.41 Å². The Morgan fingerprint density at radius 3 is 3.00 bits per heavy atom. The zero-order chi connectivity index (χ0) is 12.6. The fourth-order valence-electron chi connectivity index (χ4n) is 3.31. The summed E-state index contributed by atoms with van der Waals surface area (Å²) in [6.07, 6.45) is 6.18. The van der Waals surface area contributed by atoms with Gasteiger partial charge in [-0.15, -0.1) is 0 Å². The Kier molecular flexibility index (Phi) is 3.14. The van der Waals surface area contributed by atoms with Gasteiger partial charge in [-0.05, 0) is 38.6 Å². The van der Waals surface area contributed by atoms with Crippen LogP contribution in [0.2, 0.25) is 0 Å². The molecule has 100 valence electrons. The summed E-state index contributed by atoms with van der Waals surface area (Å²) in [4.78, 5) is 4.70. The van der Waals surface area contributed by atoms with Crippen LogP contribution >= 0.6 is 0 Å². The summed E-state index contributed by atoms with van der Waals surface area (Å²) >= 11 is 0. The molecule has 2 fully saturated rings. The maximum Gasteiger partial charge on any atom is 0.233 e. The van der Waals surface area contributed by atoms with Gasteiger partial charge in [-0.3, -0.25) is 0 Å². The predicted octanol–water partition coefficient (Wildman–Crippen LogP) is 2.61. The molecule has 0 aromatic carbocycles. The first kappa shape index (κ1) is 12.2. The number of nitrogens with zero attached hydrogens (tertiary/aromatic N) is 2. The molecule has 3 atom stereocenters. The van der Waals surface area contributed by atoms with Crippen LogP contribution in [-0.2, 0) is 5.41 Å². The summed E-state index contributed by atoms with van der Waals surface area (Å²) in [5.41, 5.74) is 0.0472. The average Bonchev–Trinajstić information content (AvgIpc) is 2.98. The smallest absolute Gasteiger partial charge is 0.233 e. The summed E-state index contributed by atoms with van der Waals surface area (Å²) in [5.74, 6) is 3.10. The van der Waals surface area contributed by atoms with E-state index in [1.54, 1.807) is 0 Å². The van der Waals surface area contributed by atoms with Crippen LogP contribution in [0.4, 0.5) is 0 Å². The van der Waals surface area contributed by atoms with Gasteiger partial charge in [0.05, 0.1) is 5.41 Å². The summed E-state index contributed by atoms with van der Waals surface area (Å²) in [6, 6.07) is 0. The topological polar surface area (TPSA) is 51.0 Å². The first-order valence-electron chi connectivity index (χ1n) is 7.22.